The minimum absolute atomic E-state index is 0.0193. The Balaban J connectivity index is 1.90. The van der Waals surface area contributed by atoms with Crippen LogP contribution in [0.2, 0.25) is 0 Å². The largest absolute Gasteiger partial charge is 0.417 e. The van der Waals surface area contributed by atoms with E-state index in [0.29, 0.717) is 17.6 Å². The third-order valence-corrected chi connectivity index (χ3v) is 5.87. The number of anilines is 1. The molecule has 1 aliphatic heterocycles. The molecule has 3 rings (SSSR count). The van der Waals surface area contributed by atoms with Crippen molar-refractivity contribution in [1.29, 1.82) is 0 Å². The number of aryl methyl sites for hydroxylation is 1. The standard InChI is InChI=1S/C24H27F5N6O/c1-14-9-23(25,26)13-35(19(14)12-33-20-8-7-16(10-32-20)24(27,28)29)22(36)21(30)17(11-31-3)18-6-4-5-15(2)34-18/h4-8,10-11,14,19H,9,12-13,30H2,1-3H3,(H,32,33). The number of amides is 1. The SMILES string of the molecule is CN=CC(=C(N)C(=O)N1CC(F)(F)CC(C)C1CNc1ccc(C(F)(F)F)cn1)c1cccc(C)n1. The molecule has 0 radical (unpaired) electrons. The monoisotopic (exact) mass is 510 g/mol. The Morgan fingerprint density at radius 3 is 2.61 bits per heavy atom. The number of halogens is 5. The molecule has 0 bridgehead atoms. The van der Waals surface area contributed by atoms with Crippen LogP contribution in [0, 0.1) is 12.8 Å². The number of nitrogens with two attached hydrogens (primary N) is 1. The molecular formula is C24H27F5N6O. The van der Waals surface area contributed by atoms with E-state index in [-0.39, 0.29) is 23.6 Å². The van der Waals surface area contributed by atoms with Gasteiger partial charge >= 0.3 is 6.18 Å². The zero-order valence-electron chi connectivity index (χ0n) is 20.0. The van der Waals surface area contributed by atoms with Crippen LogP contribution in [0.3, 0.4) is 0 Å². The van der Waals surface area contributed by atoms with E-state index in [1.165, 1.54) is 13.3 Å². The smallest absolute Gasteiger partial charge is 0.394 e. The molecule has 7 nitrogen and oxygen atoms in total. The summed E-state index contributed by atoms with van der Waals surface area (Å²) in [7, 11) is 1.48. The molecule has 1 aliphatic rings. The van der Waals surface area contributed by atoms with E-state index in [4.69, 9.17) is 5.73 Å². The van der Waals surface area contributed by atoms with Crippen LogP contribution in [0.4, 0.5) is 27.8 Å². The molecule has 194 valence electrons. The summed E-state index contributed by atoms with van der Waals surface area (Å²) < 4.78 is 67.4. The zero-order chi connectivity index (χ0) is 26.7. The lowest BCUT2D eigenvalue weighted by molar-refractivity contribution is -0.148. The van der Waals surface area contributed by atoms with Gasteiger partial charge in [0.2, 0.25) is 0 Å². The van der Waals surface area contributed by atoms with E-state index in [0.717, 1.165) is 17.0 Å². The van der Waals surface area contributed by atoms with Crippen molar-refractivity contribution < 1.29 is 26.7 Å². The second-order valence-electron chi connectivity index (χ2n) is 8.73. The second kappa shape index (κ2) is 10.6. The zero-order valence-corrected chi connectivity index (χ0v) is 20.0. The summed E-state index contributed by atoms with van der Waals surface area (Å²) in [5, 5.41) is 2.86. The molecule has 2 aromatic rings. The van der Waals surface area contributed by atoms with Gasteiger partial charge in [-0.3, -0.25) is 14.8 Å². The Labute approximate surface area is 205 Å². The van der Waals surface area contributed by atoms with Gasteiger partial charge in [0.1, 0.15) is 11.5 Å². The summed E-state index contributed by atoms with van der Waals surface area (Å²) in [5.74, 6) is -4.48. The molecule has 0 saturated carbocycles. The number of rotatable bonds is 6. The van der Waals surface area contributed by atoms with Crippen molar-refractivity contribution in [2.24, 2.45) is 16.6 Å². The molecule has 0 spiro atoms. The highest BCUT2D eigenvalue weighted by atomic mass is 19.4. The molecule has 3 N–H and O–H groups in total. The molecule has 0 aromatic carbocycles. The van der Waals surface area contributed by atoms with E-state index in [2.05, 4.69) is 20.3 Å². The lowest BCUT2D eigenvalue weighted by atomic mass is 9.88. The molecule has 3 heterocycles. The Hall–Kier alpha value is -3.57. The number of piperidine rings is 1. The van der Waals surface area contributed by atoms with Crippen LogP contribution >= 0.6 is 0 Å². The number of nitrogens with zero attached hydrogens (tertiary/aromatic N) is 4. The topological polar surface area (TPSA) is 96.5 Å². The van der Waals surface area contributed by atoms with Gasteiger partial charge in [0.25, 0.3) is 11.8 Å². The number of aliphatic imine (C=N–C) groups is 1. The van der Waals surface area contributed by atoms with Crippen LogP contribution in [0.1, 0.15) is 30.3 Å². The molecule has 12 heteroatoms. The predicted octanol–water partition coefficient (Wildman–Crippen LogP) is 4.16. The van der Waals surface area contributed by atoms with Gasteiger partial charge in [0, 0.05) is 43.7 Å². The number of alkyl halides is 5. The Bertz CT molecular complexity index is 1150. The quantitative estimate of drug-likeness (QED) is 0.346. The fraction of sp³-hybridized carbons (Fsp3) is 0.417. The van der Waals surface area contributed by atoms with E-state index in [9.17, 15) is 26.7 Å². The van der Waals surface area contributed by atoms with Crippen molar-refractivity contribution in [2.75, 3.05) is 25.5 Å². The summed E-state index contributed by atoms with van der Waals surface area (Å²) in [6.07, 6.45) is -2.97. The highest BCUT2D eigenvalue weighted by molar-refractivity contribution is 6.18. The first-order valence-electron chi connectivity index (χ1n) is 11.1. The molecule has 1 fully saturated rings. The van der Waals surface area contributed by atoms with Crippen LogP contribution in [0.5, 0.6) is 0 Å². The minimum Gasteiger partial charge on any atom is -0.394 e. The van der Waals surface area contributed by atoms with E-state index in [1.807, 2.05) is 0 Å². The van der Waals surface area contributed by atoms with Gasteiger partial charge in [-0.25, -0.2) is 13.8 Å². The summed E-state index contributed by atoms with van der Waals surface area (Å²) >= 11 is 0. The number of hydrogen-bond donors (Lipinski definition) is 2. The van der Waals surface area contributed by atoms with Crippen LogP contribution in [-0.4, -0.2) is 59.1 Å². The molecule has 2 atom stereocenters. The lowest BCUT2D eigenvalue weighted by Crippen LogP contribution is -2.58. The highest BCUT2D eigenvalue weighted by Gasteiger charge is 2.46. The highest BCUT2D eigenvalue weighted by Crippen LogP contribution is 2.35. The number of carbonyl (C=O) groups is 1. The predicted molar refractivity (Wildman–Crippen MR) is 126 cm³/mol. The normalized spacial score (nSPS) is 20.8. The number of hydrogen-bond acceptors (Lipinski definition) is 6. The third kappa shape index (κ3) is 6.35. The van der Waals surface area contributed by atoms with Gasteiger partial charge in [0.15, 0.2) is 0 Å². The van der Waals surface area contributed by atoms with Crippen LogP contribution in [0.15, 0.2) is 47.2 Å². The van der Waals surface area contributed by atoms with Gasteiger partial charge < -0.3 is 16.0 Å². The van der Waals surface area contributed by atoms with Gasteiger partial charge in [-0.2, -0.15) is 13.2 Å². The number of pyridine rings is 2. The summed E-state index contributed by atoms with van der Waals surface area (Å²) in [4.78, 5) is 26.5. The second-order valence-corrected chi connectivity index (χ2v) is 8.73. The van der Waals surface area contributed by atoms with Crippen molar-refractivity contribution in [1.82, 2.24) is 14.9 Å². The molecule has 1 saturated heterocycles. The van der Waals surface area contributed by atoms with Crippen molar-refractivity contribution in [3.63, 3.8) is 0 Å². The first-order valence-corrected chi connectivity index (χ1v) is 11.1. The van der Waals surface area contributed by atoms with E-state index < -0.39 is 48.5 Å². The Morgan fingerprint density at radius 1 is 1.31 bits per heavy atom. The summed E-state index contributed by atoms with van der Waals surface area (Å²) in [6, 6.07) is 6.39. The Morgan fingerprint density at radius 2 is 2.03 bits per heavy atom. The van der Waals surface area contributed by atoms with Gasteiger partial charge in [0.05, 0.1) is 23.8 Å². The summed E-state index contributed by atoms with van der Waals surface area (Å²) in [5.41, 5.74) is 6.22. The number of allylic oxidation sites excluding steroid dienone is 1. The van der Waals surface area contributed by atoms with Crippen molar-refractivity contribution in [3.05, 3.63) is 59.2 Å². The molecule has 1 amide bonds. The lowest BCUT2D eigenvalue weighted by Gasteiger charge is -2.43. The first-order chi connectivity index (χ1) is 16.8. The maximum Gasteiger partial charge on any atom is 0.417 e. The number of carbonyl (C=O) groups excluding carboxylic acids is 1. The molecule has 0 aliphatic carbocycles. The maximum absolute atomic E-state index is 14.5. The fourth-order valence-electron chi connectivity index (χ4n) is 4.12. The third-order valence-electron chi connectivity index (χ3n) is 5.87. The molecular weight excluding hydrogens is 483 g/mol. The minimum atomic E-state index is -4.53. The Kier molecular flexibility index (Phi) is 7.95. The van der Waals surface area contributed by atoms with Crippen molar-refractivity contribution in [3.8, 4) is 0 Å². The van der Waals surface area contributed by atoms with Crippen LogP contribution in [0.25, 0.3) is 5.57 Å². The van der Waals surface area contributed by atoms with Gasteiger partial charge in [-0.05, 0) is 37.1 Å². The number of nitrogens with one attached hydrogen (secondary N) is 1. The average molecular weight is 511 g/mol. The van der Waals surface area contributed by atoms with Crippen molar-refractivity contribution >= 4 is 23.5 Å². The summed E-state index contributed by atoms with van der Waals surface area (Å²) in [6.45, 7) is 2.46. The molecule has 36 heavy (non-hydrogen) atoms. The van der Waals surface area contributed by atoms with Crippen LogP contribution < -0.4 is 11.1 Å². The van der Waals surface area contributed by atoms with Gasteiger partial charge in [-0.1, -0.05) is 13.0 Å². The fourth-order valence-corrected chi connectivity index (χ4v) is 4.12. The van der Waals surface area contributed by atoms with E-state index >= 15 is 0 Å². The first kappa shape index (κ1) is 27.0. The van der Waals surface area contributed by atoms with Crippen LogP contribution in [-0.2, 0) is 11.0 Å². The van der Waals surface area contributed by atoms with Crippen molar-refractivity contribution in [2.45, 2.75) is 38.4 Å². The van der Waals surface area contributed by atoms with Gasteiger partial charge in [-0.15, -0.1) is 0 Å². The number of aromatic nitrogens is 2. The molecule has 2 aromatic heterocycles. The average Bonchev–Trinajstić information content (AvgIpc) is 2.80. The number of likely N-dealkylation sites (tertiary alicyclic amines) is 1. The molecule has 2 unspecified atom stereocenters. The van der Waals surface area contributed by atoms with E-state index in [1.54, 1.807) is 32.0 Å². The maximum atomic E-state index is 14.5.